The fraction of sp³-hybridized carbons (Fsp3) is 0.273. The van der Waals surface area contributed by atoms with Crippen molar-refractivity contribution in [3.05, 3.63) is 71.4 Å². The van der Waals surface area contributed by atoms with Crippen LogP contribution in [-0.4, -0.2) is 18.2 Å². The summed E-state index contributed by atoms with van der Waals surface area (Å²) in [6, 6.07) is 14.3. The number of nitrogens with zero attached hydrogens (tertiary/aromatic N) is 1. The number of benzene rings is 2. The van der Waals surface area contributed by atoms with Crippen molar-refractivity contribution in [3.63, 3.8) is 0 Å². The van der Waals surface area contributed by atoms with Crippen LogP contribution in [0.1, 0.15) is 29.7 Å². The van der Waals surface area contributed by atoms with Gasteiger partial charge in [0.15, 0.2) is 5.76 Å². The maximum atomic E-state index is 12.7. The number of thioether (sulfide) groups is 1. The Labute approximate surface area is 175 Å². The van der Waals surface area contributed by atoms with Crippen molar-refractivity contribution in [2.45, 2.75) is 35.1 Å². The van der Waals surface area contributed by atoms with E-state index in [9.17, 15) is 18.0 Å². The second-order valence-electron chi connectivity index (χ2n) is 7.14. The summed E-state index contributed by atoms with van der Waals surface area (Å²) in [5.74, 6) is 0.774. The number of alkyl halides is 3. The van der Waals surface area contributed by atoms with E-state index in [2.05, 4.69) is 5.16 Å². The number of halogens is 3. The highest BCUT2D eigenvalue weighted by atomic mass is 32.2. The zero-order chi connectivity index (χ0) is 21.4. The molecule has 156 valence electrons. The largest absolute Gasteiger partial charge is 0.468 e. The molecule has 1 aliphatic rings. The topological polar surface area (TPSA) is 52.3 Å². The maximum absolute atomic E-state index is 12.7. The summed E-state index contributed by atoms with van der Waals surface area (Å²) in [7, 11) is 1.41. The highest BCUT2D eigenvalue weighted by Gasteiger charge is 2.52. The van der Waals surface area contributed by atoms with Gasteiger partial charge in [0.05, 0.1) is 23.8 Å². The lowest BCUT2D eigenvalue weighted by Gasteiger charge is -2.13. The van der Waals surface area contributed by atoms with Crippen LogP contribution in [0.5, 0.6) is 0 Å². The standard InChI is InChI=1S/C22H18F3NO3S/c1-28-20(27)21(10-11-21)15-6-8-18(9-7-15)30-13-17-12-19(29-26-17)14-2-4-16(5-3-14)22(23,24)25/h2-9,12H,10-11,13H2,1H3. The highest BCUT2D eigenvalue weighted by Crippen LogP contribution is 2.49. The van der Waals surface area contributed by atoms with Gasteiger partial charge in [-0.25, -0.2) is 0 Å². The molecule has 4 nitrogen and oxygen atoms in total. The van der Waals surface area contributed by atoms with Crippen LogP contribution >= 0.6 is 11.8 Å². The third kappa shape index (κ3) is 4.09. The minimum Gasteiger partial charge on any atom is -0.468 e. The van der Waals surface area contributed by atoms with Crippen LogP contribution in [0.3, 0.4) is 0 Å². The third-order valence-corrected chi connectivity index (χ3v) is 6.22. The van der Waals surface area contributed by atoms with Gasteiger partial charge in [-0.3, -0.25) is 4.79 Å². The monoisotopic (exact) mass is 433 g/mol. The van der Waals surface area contributed by atoms with Crippen molar-refractivity contribution in [3.8, 4) is 11.3 Å². The van der Waals surface area contributed by atoms with Gasteiger partial charge in [-0.2, -0.15) is 13.2 Å². The molecule has 0 spiro atoms. The molecule has 4 rings (SSSR count). The number of carbonyl (C=O) groups is 1. The molecule has 8 heteroatoms. The Morgan fingerprint density at radius 2 is 1.80 bits per heavy atom. The van der Waals surface area contributed by atoms with Gasteiger partial charge in [0, 0.05) is 22.3 Å². The third-order valence-electron chi connectivity index (χ3n) is 5.18. The van der Waals surface area contributed by atoms with Gasteiger partial charge in [0.1, 0.15) is 0 Å². The Morgan fingerprint density at radius 3 is 2.37 bits per heavy atom. The number of hydrogen-bond acceptors (Lipinski definition) is 5. The summed E-state index contributed by atoms with van der Waals surface area (Å²) in [5, 5.41) is 4.00. The second kappa shape index (κ2) is 7.83. The second-order valence-corrected chi connectivity index (χ2v) is 8.19. The lowest BCUT2D eigenvalue weighted by molar-refractivity contribution is -0.143. The van der Waals surface area contributed by atoms with Crippen molar-refractivity contribution in [2.24, 2.45) is 0 Å². The van der Waals surface area contributed by atoms with E-state index in [0.29, 0.717) is 22.8 Å². The average molecular weight is 433 g/mol. The van der Waals surface area contributed by atoms with Crippen LogP contribution in [0.2, 0.25) is 0 Å². The number of esters is 1. The molecule has 0 atom stereocenters. The van der Waals surface area contributed by atoms with Crippen molar-refractivity contribution in [2.75, 3.05) is 7.11 Å². The van der Waals surface area contributed by atoms with Gasteiger partial charge < -0.3 is 9.26 Å². The van der Waals surface area contributed by atoms with Crippen LogP contribution in [0.25, 0.3) is 11.3 Å². The number of aromatic nitrogens is 1. The summed E-state index contributed by atoms with van der Waals surface area (Å²) in [6.45, 7) is 0. The van der Waals surface area contributed by atoms with Gasteiger partial charge in [0.2, 0.25) is 0 Å². The lowest BCUT2D eigenvalue weighted by Crippen LogP contribution is -2.21. The number of ether oxygens (including phenoxy) is 1. The summed E-state index contributed by atoms with van der Waals surface area (Å²) in [6.07, 6.45) is -2.76. The van der Waals surface area contributed by atoms with E-state index in [0.717, 1.165) is 35.4 Å². The molecule has 0 amide bonds. The van der Waals surface area contributed by atoms with Crippen LogP contribution in [0, 0.1) is 0 Å². The Bertz CT molecular complexity index is 1040. The Morgan fingerprint density at radius 1 is 1.13 bits per heavy atom. The minimum absolute atomic E-state index is 0.193. The van der Waals surface area contributed by atoms with Gasteiger partial charge >= 0.3 is 12.1 Å². The molecule has 0 bridgehead atoms. The fourth-order valence-corrected chi connectivity index (χ4v) is 4.08. The van der Waals surface area contributed by atoms with E-state index in [4.69, 9.17) is 9.26 Å². The summed E-state index contributed by atoms with van der Waals surface area (Å²) in [5.41, 5.74) is 0.997. The molecule has 1 heterocycles. The number of carbonyl (C=O) groups excluding carboxylic acids is 1. The van der Waals surface area contributed by atoms with Crippen molar-refractivity contribution < 1.29 is 27.2 Å². The Kier molecular flexibility index (Phi) is 5.36. The van der Waals surface area contributed by atoms with E-state index < -0.39 is 17.2 Å². The van der Waals surface area contributed by atoms with Crippen molar-refractivity contribution in [1.29, 1.82) is 0 Å². The first-order valence-corrected chi connectivity index (χ1v) is 10.3. The van der Waals surface area contributed by atoms with Crippen LogP contribution < -0.4 is 0 Å². The maximum Gasteiger partial charge on any atom is 0.416 e. The molecule has 0 N–H and O–H groups in total. The molecule has 1 saturated carbocycles. The van der Waals surface area contributed by atoms with E-state index in [-0.39, 0.29) is 5.97 Å². The molecular weight excluding hydrogens is 415 g/mol. The SMILES string of the molecule is COC(=O)C1(c2ccc(SCc3cc(-c4ccc(C(F)(F)F)cc4)on3)cc2)CC1. The summed E-state index contributed by atoms with van der Waals surface area (Å²) >= 11 is 1.55. The molecule has 0 unspecified atom stereocenters. The average Bonchev–Trinajstić information content (AvgIpc) is 3.42. The number of methoxy groups -OCH3 is 1. The van der Waals surface area contributed by atoms with E-state index >= 15 is 0 Å². The zero-order valence-corrected chi connectivity index (χ0v) is 16.8. The molecule has 0 aliphatic heterocycles. The quantitative estimate of drug-likeness (QED) is 0.360. The van der Waals surface area contributed by atoms with Gasteiger partial charge in [-0.1, -0.05) is 29.4 Å². The summed E-state index contributed by atoms with van der Waals surface area (Å²) < 4.78 is 48.2. The predicted molar refractivity (Wildman–Crippen MR) is 106 cm³/mol. The predicted octanol–water partition coefficient (Wildman–Crippen LogP) is 5.86. The first kappa shape index (κ1) is 20.5. The van der Waals surface area contributed by atoms with Crippen LogP contribution in [0.4, 0.5) is 13.2 Å². The zero-order valence-electron chi connectivity index (χ0n) is 16.0. The van der Waals surface area contributed by atoms with Gasteiger partial charge in [-0.05, 0) is 42.7 Å². The fourth-order valence-electron chi connectivity index (χ4n) is 3.30. The van der Waals surface area contributed by atoms with Crippen molar-refractivity contribution in [1.82, 2.24) is 5.16 Å². The molecule has 1 aromatic heterocycles. The molecule has 1 aliphatic carbocycles. The first-order valence-electron chi connectivity index (χ1n) is 9.27. The van der Waals surface area contributed by atoms with Gasteiger partial charge in [0.25, 0.3) is 0 Å². The van der Waals surface area contributed by atoms with Crippen LogP contribution in [0.15, 0.2) is 64.0 Å². The molecule has 30 heavy (non-hydrogen) atoms. The number of rotatable bonds is 6. The van der Waals surface area contributed by atoms with Crippen LogP contribution in [-0.2, 0) is 26.9 Å². The van der Waals surface area contributed by atoms with E-state index in [1.807, 2.05) is 24.3 Å². The molecule has 0 radical (unpaired) electrons. The first-order chi connectivity index (χ1) is 14.3. The van der Waals surface area contributed by atoms with Crippen molar-refractivity contribution >= 4 is 17.7 Å². The highest BCUT2D eigenvalue weighted by molar-refractivity contribution is 7.98. The summed E-state index contributed by atoms with van der Waals surface area (Å²) in [4.78, 5) is 13.0. The molecule has 0 saturated heterocycles. The van der Waals surface area contributed by atoms with E-state index in [1.54, 1.807) is 17.8 Å². The van der Waals surface area contributed by atoms with E-state index in [1.165, 1.54) is 19.2 Å². The molecular formula is C22H18F3NO3S. The molecule has 1 fully saturated rings. The molecule has 3 aromatic rings. The lowest BCUT2D eigenvalue weighted by atomic mass is 9.96. The normalized spacial score (nSPS) is 15.1. The minimum atomic E-state index is -4.37. The Hall–Kier alpha value is -2.74. The smallest absolute Gasteiger partial charge is 0.416 e. The van der Waals surface area contributed by atoms with Gasteiger partial charge in [-0.15, -0.1) is 11.8 Å². The number of hydrogen-bond donors (Lipinski definition) is 0. The molecule has 2 aromatic carbocycles. The Balaban J connectivity index is 1.38.